The lowest BCUT2D eigenvalue weighted by atomic mass is 9.85. The van der Waals surface area contributed by atoms with Gasteiger partial charge >= 0.3 is 5.97 Å². The molecule has 0 aromatic heterocycles. The SMILES string of the molecule is C=C(C)[C@H]1CC=C(C(=O)OC)CC1. The third-order valence-corrected chi connectivity index (χ3v) is 2.56. The first-order chi connectivity index (χ1) is 6.15. The van der Waals surface area contributed by atoms with Crippen molar-refractivity contribution < 1.29 is 9.53 Å². The number of hydrogen-bond donors (Lipinski definition) is 0. The van der Waals surface area contributed by atoms with Gasteiger partial charge in [-0.2, -0.15) is 0 Å². The number of carbonyl (C=O) groups is 1. The molecule has 1 aliphatic rings. The maximum Gasteiger partial charge on any atom is 0.333 e. The Kier molecular flexibility index (Phi) is 3.29. The van der Waals surface area contributed by atoms with Crippen LogP contribution in [0.25, 0.3) is 0 Å². The average molecular weight is 180 g/mol. The van der Waals surface area contributed by atoms with Crippen molar-refractivity contribution in [3.05, 3.63) is 23.8 Å². The van der Waals surface area contributed by atoms with Crippen LogP contribution in [0.3, 0.4) is 0 Å². The van der Waals surface area contributed by atoms with Gasteiger partial charge in [0.15, 0.2) is 0 Å². The molecule has 0 aromatic rings. The van der Waals surface area contributed by atoms with Gasteiger partial charge in [0.1, 0.15) is 0 Å². The highest BCUT2D eigenvalue weighted by molar-refractivity contribution is 5.88. The second-order valence-electron chi connectivity index (χ2n) is 3.54. The molecule has 1 atom stereocenters. The molecule has 0 spiro atoms. The van der Waals surface area contributed by atoms with Gasteiger partial charge in [-0.3, -0.25) is 0 Å². The molecule has 0 saturated heterocycles. The van der Waals surface area contributed by atoms with E-state index in [4.69, 9.17) is 0 Å². The lowest BCUT2D eigenvalue weighted by molar-refractivity contribution is -0.136. The minimum atomic E-state index is -0.180. The third kappa shape index (κ3) is 2.44. The maximum absolute atomic E-state index is 11.1. The Morgan fingerprint density at radius 3 is 2.77 bits per heavy atom. The number of methoxy groups -OCH3 is 1. The van der Waals surface area contributed by atoms with E-state index in [1.165, 1.54) is 12.7 Å². The minimum Gasteiger partial charge on any atom is -0.466 e. The monoisotopic (exact) mass is 180 g/mol. The van der Waals surface area contributed by atoms with Crippen LogP contribution in [0.2, 0.25) is 0 Å². The van der Waals surface area contributed by atoms with E-state index in [9.17, 15) is 4.79 Å². The van der Waals surface area contributed by atoms with Crippen molar-refractivity contribution in [2.24, 2.45) is 5.92 Å². The lowest BCUT2D eigenvalue weighted by Crippen LogP contribution is -2.12. The van der Waals surface area contributed by atoms with Crippen LogP contribution < -0.4 is 0 Å². The van der Waals surface area contributed by atoms with Crippen molar-refractivity contribution in [1.82, 2.24) is 0 Å². The molecule has 0 saturated carbocycles. The first kappa shape index (κ1) is 10.0. The first-order valence-corrected chi connectivity index (χ1v) is 4.58. The van der Waals surface area contributed by atoms with Gasteiger partial charge in [0.05, 0.1) is 7.11 Å². The Balaban J connectivity index is 2.57. The van der Waals surface area contributed by atoms with Gasteiger partial charge in [-0.15, -0.1) is 0 Å². The predicted molar refractivity (Wildman–Crippen MR) is 52.3 cm³/mol. The third-order valence-electron chi connectivity index (χ3n) is 2.56. The van der Waals surface area contributed by atoms with Crippen LogP contribution in [-0.4, -0.2) is 13.1 Å². The molecule has 0 radical (unpaired) electrons. The van der Waals surface area contributed by atoms with Crippen LogP contribution in [0.5, 0.6) is 0 Å². The van der Waals surface area contributed by atoms with Gasteiger partial charge in [0.2, 0.25) is 0 Å². The highest BCUT2D eigenvalue weighted by Gasteiger charge is 2.18. The fourth-order valence-electron chi connectivity index (χ4n) is 1.60. The van der Waals surface area contributed by atoms with Crippen LogP contribution in [0, 0.1) is 5.92 Å². The quantitative estimate of drug-likeness (QED) is 0.482. The molecule has 1 rings (SSSR count). The molecule has 0 fully saturated rings. The smallest absolute Gasteiger partial charge is 0.333 e. The molecule has 0 N–H and O–H groups in total. The second kappa shape index (κ2) is 4.26. The first-order valence-electron chi connectivity index (χ1n) is 4.58. The molecule has 0 aromatic carbocycles. The standard InChI is InChI=1S/C11H16O2/c1-8(2)9-4-6-10(7-5-9)11(12)13-3/h6,9H,1,4-5,7H2,2-3H3/t9-/m0/s1. The van der Waals surface area contributed by atoms with Crippen LogP contribution in [0.15, 0.2) is 23.8 Å². The van der Waals surface area contributed by atoms with Crippen molar-refractivity contribution in [1.29, 1.82) is 0 Å². The fourth-order valence-corrected chi connectivity index (χ4v) is 1.60. The highest BCUT2D eigenvalue weighted by Crippen LogP contribution is 2.28. The van der Waals surface area contributed by atoms with E-state index in [1.54, 1.807) is 0 Å². The number of carbonyl (C=O) groups excluding carboxylic acids is 1. The van der Waals surface area contributed by atoms with Crippen molar-refractivity contribution >= 4 is 5.97 Å². The van der Waals surface area contributed by atoms with Gasteiger partial charge in [-0.1, -0.05) is 18.2 Å². The topological polar surface area (TPSA) is 26.3 Å². The molecule has 0 bridgehead atoms. The van der Waals surface area contributed by atoms with Crippen LogP contribution in [0.4, 0.5) is 0 Å². The van der Waals surface area contributed by atoms with Gasteiger partial charge in [0.25, 0.3) is 0 Å². The van der Waals surface area contributed by atoms with E-state index in [0.29, 0.717) is 5.92 Å². The predicted octanol–water partition coefficient (Wildman–Crippen LogP) is 2.46. The summed E-state index contributed by atoms with van der Waals surface area (Å²) in [4.78, 5) is 11.1. The summed E-state index contributed by atoms with van der Waals surface area (Å²) in [7, 11) is 1.42. The summed E-state index contributed by atoms with van der Waals surface area (Å²) in [6.45, 7) is 5.97. The van der Waals surface area contributed by atoms with Crippen LogP contribution in [-0.2, 0) is 9.53 Å². The Morgan fingerprint density at radius 1 is 1.69 bits per heavy atom. The van der Waals surface area contributed by atoms with Crippen LogP contribution in [0.1, 0.15) is 26.2 Å². The maximum atomic E-state index is 11.1. The van der Waals surface area contributed by atoms with Crippen molar-refractivity contribution in [3.63, 3.8) is 0 Å². The zero-order chi connectivity index (χ0) is 9.84. The largest absolute Gasteiger partial charge is 0.466 e. The Morgan fingerprint density at radius 2 is 2.38 bits per heavy atom. The highest BCUT2D eigenvalue weighted by atomic mass is 16.5. The van der Waals surface area contributed by atoms with Gasteiger partial charge in [-0.25, -0.2) is 4.79 Å². The van der Waals surface area contributed by atoms with Gasteiger partial charge in [-0.05, 0) is 32.1 Å². The Hall–Kier alpha value is -1.05. The van der Waals surface area contributed by atoms with Crippen LogP contribution >= 0.6 is 0 Å². The number of rotatable bonds is 2. The molecular formula is C11H16O2. The minimum absolute atomic E-state index is 0.180. The summed E-state index contributed by atoms with van der Waals surface area (Å²) < 4.78 is 4.66. The number of esters is 1. The fraction of sp³-hybridized carbons (Fsp3) is 0.545. The molecule has 2 nitrogen and oxygen atoms in total. The number of allylic oxidation sites excluding steroid dienone is 2. The zero-order valence-corrected chi connectivity index (χ0v) is 8.30. The molecule has 0 unspecified atom stereocenters. The molecule has 2 heteroatoms. The van der Waals surface area contributed by atoms with E-state index < -0.39 is 0 Å². The summed E-state index contributed by atoms with van der Waals surface area (Å²) in [6, 6.07) is 0. The normalized spacial score (nSPS) is 22.0. The van der Waals surface area contributed by atoms with Crippen molar-refractivity contribution in [3.8, 4) is 0 Å². The number of hydrogen-bond acceptors (Lipinski definition) is 2. The zero-order valence-electron chi connectivity index (χ0n) is 8.30. The summed E-state index contributed by atoms with van der Waals surface area (Å²) in [6.07, 6.45) is 4.76. The molecule has 0 aliphatic heterocycles. The molecule has 0 heterocycles. The van der Waals surface area contributed by atoms with Crippen molar-refractivity contribution in [2.75, 3.05) is 7.11 Å². The molecule has 13 heavy (non-hydrogen) atoms. The second-order valence-corrected chi connectivity index (χ2v) is 3.54. The summed E-state index contributed by atoms with van der Waals surface area (Å²) in [5.41, 5.74) is 2.03. The lowest BCUT2D eigenvalue weighted by Gasteiger charge is -2.20. The number of ether oxygens (including phenoxy) is 1. The van der Waals surface area contributed by atoms with Crippen molar-refractivity contribution in [2.45, 2.75) is 26.2 Å². The van der Waals surface area contributed by atoms with Gasteiger partial charge in [0, 0.05) is 5.57 Å². The molecule has 1 aliphatic carbocycles. The summed E-state index contributed by atoms with van der Waals surface area (Å²) >= 11 is 0. The molecular weight excluding hydrogens is 164 g/mol. The van der Waals surface area contributed by atoms with Gasteiger partial charge < -0.3 is 4.74 Å². The van der Waals surface area contributed by atoms with E-state index >= 15 is 0 Å². The Bertz CT molecular complexity index is 251. The van der Waals surface area contributed by atoms with E-state index in [0.717, 1.165) is 24.8 Å². The summed E-state index contributed by atoms with van der Waals surface area (Å²) in [5, 5.41) is 0. The Labute approximate surface area is 79.3 Å². The molecule has 0 amide bonds. The molecule has 72 valence electrons. The summed E-state index contributed by atoms with van der Waals surface area (Å²) in [5.74, 6) is 0.369. The van der Waals surface area contributed by atoms with E-state index in [-0.39, 0.29) is 5.97 Å². The van der Waals surface area contributed by atoms with E-state index in [1.807, 2.05) is 13.0 Å². The van der Waals surface area contributed by atoms with E-state index in [2.05, 4.69) is 11.3 Å². The average Bonchev–Trinajstić information content (AvgIpc) is 2.17.